The van der Waals surface area contributed by atoms with E-state index in [1.165, 1.54) is 18.3 Å². The van der Waals surface area contributed by atoms with Gasteiger partial charge in [-0.15, -0.1) is 5.53 Å². The third-order valence-corrected chi connectivity index (χ3v) is 6.96. The summed E-state index contributed by atoms with van der Waals surface area (Å²) in [6.45, 7) is 2.12. The van der Waals surface area contributed by atoms with Crippen LogP contribution in [0.2, 0.25) is 5.02 Å². The first-order chi connectivity index (χ1) is 17.3. The SMILES string of the molecule is [2H][C@](Nc1cc(Cl)c2ncc(C#N)c(NC3(C)CC3)c2c1)(C1=CN(C2CC2)NN1)c1ccc(F)cc1. The Kier molecular flexibility index (Phi) is 4.93. The molecule has 1 aromatic heterocycles. The highest BCUT2D eigenvalue weighted by atomic mass is 35.5. The first-order valence-corrected chi connectivity index (χ1v) is 12.0. The van der Waals surface area contributed by atoms with Crippen molar-refractivity contribution in [2.45, 2.75) is 50.2 Å². The van der Waals surface area contributed by atoms with Crippen LogP contribution in [0.5, 0.6) is 0 Å². The number of hydrogen-bond donors (Lipinski definition) is 4. The molecule has 1 aliphatic heterocycles. The van der Waals surface area contributed by atoms with E-state index < -0.39 is 6.02 Å². The zero-order chi connectivity index (χ0) is 25.1. The maximum Gasteiger partial charge on any atom is 0.123 e. The number of halogens is 2. The molecule has 3 aliphatic rings. The van der Waals surface area contributed by atoms with Crippen LogP contribution in [0, 0.1) is 17.1 Å². The van der Waals surface area contributed by atoms with Crippen molar-refractivity contribution >= 4 is 33.9 Å². The van der Waals surface area contributed by atoms with Crippen molar-refractivity contribution in [3.63, 3.8) is 0 Å². The van der Waals surface area contributed by atoms with E-state index in [9.17, 15) is 11.0 Å². The third kappa shape index (κ3) is 4.33. The van der Waals surface area contributed by atoms with E-state index in [2.05, 4.69) is 39.6 Å². The summed E-state index contributed by atoms with van der Waals surface area (Å²) in [4.78, 5) is 4.43. The van der Waals surface area contributed by atoms with Gasteiger partial charge in [-0.2, -0.15) is 5.26 Å². The van der Waals surface area contributed by atoms with Crippen molar-refractivity contribution in [2.75, 3.05) is 10.6 Å². The summed E-state index contributed by atoms with van der Waals surface area (Å²) in [6, 6.07) is 10.6. The van der Waals surface area contributed by atoms with Gasteiger partial charge in [-0.05, 0) is 62.4 Å². The first-order valence-electron chi connectivity index (χ1n) is 12.2. The molecule has 2 aliphatic carbocycles. The van der Waals surface area contributed by atoms with E-state index in [1.807, 2.05) is 17.3 Å². The molecule has 4 N–H and O–H groups in total. The van der Waals surface area contributed by atoms with Gasteiger partial charge in [-0.3, -0.25) is 9.99 Å². The third-order valence-electron chi connectivity index (χ3n) is 6.67. The van der Waals surface area contributed by atoms with E-state index in [-0.39, 0.29) is 11.4 Å². The molecule has 2 heterocycles. The Morgan fingerprint density at radius 3 is 2.77 bits per heavy atom. The highest BCUT2D eigenvalue weighted by Gasteiger charge is 2.38. The molecule has 0 spiro atoms. The maximum absolute atomic E-state index is 13.7. The quantitative estimate of drug-likeness (QED) is 0.355. The molecule has 2 saturated carbocycles. The number of nitriles is 1. The second kappa shape index (κ2) is 8.29. The van der Waals surface area contributed by atoms with E-state index in [1.54, 1.807) is 18.2 Å². The lowest BCUT2D eigenvalue weighted by Crippen LogP contribution is -2.38. The van der Waals surface area contributed by atoms with Gasteiger partial charge in [-0.1, -0.05) is 23.7 Å². The molecule has 1 atom stereocenters. The summed E-state index contributed by atoms with van der Waals surface area (Å²) in [5.74, 6) is -0.375. The summed E-state index contributed by atoms with van der Waals surface area (Å²) in [7, 11) is 0. The highest BCUT2D eigenvalue weighted by molar-refractivity contribution is 6.35. The molecule has 3 aromatic rings. The van der Waals surface area contributed by atoms with Gasteiger partial charge in [-0.25, -0.2) is 4.39 Å². The van der Waals surface area contributed by atoms with Crippen LogP contribution in [-0.4, -0.2) is 21.6 Å². The molecular formula is C26H25ClFN7. The first kappa shape index (κ1) is 20.8. The molecular weight excluding hydrogens is 465 g/mol. The smallest absolute Gasteiger partial charge is 0.123 e. The molecule has 0 saturated heterocycles. The number of fused-ring (bicyclic) bond motifs is 1. The second-order valence-corrected chi connectivity index (χ2v) is 10.0. The number of benzene rings is 2. The van der Waals surface area contributed by atoms with Crippen molar-refractivity contribution in [3.05, 3.63) is 76.5 Å². The van der Waals surface area contributed by atoms with Crippen LogP contribution >= 0.6 is 11.6 Å². The van der Waals surface area contributed by atoms with Gasteiger partial charge in [0.25, 0.3) is 0 Å². The monoisotopic (exact) mass is 490 g/mol. The number of anilines is 2. The molecule has 35 heavy (non-hydrogen) atoms. The summed E-state index contributed by atoms with van der Waals surface area (Å²) in [5.41, 5.74) is 9.53. The van der Waals surface area contributed by atoms with Gasteiger partial charge >= 0.3 is 0 Å². The van der Waals surface area contributed by atoms with Gasteiger partial charge in [0.1, 0.15) is 11.9 Å². The van der Waals surface area contributed by atoms with Gasteiger partial charge in [0.15, 0.2) is 0 Å². The van der Waals surface area contributed by atoms with Gasteiger partial charge in [0.05, 0.1) is 34.9 Å². The average Bonchev–Trinajstić information content (AvgIpc) is 3.78. The van der Waals surface area contributed by atoms with Crippen molar-refractivity contribution in [1.82, 2.24) is 21.0 Å². The number of rotatable bonds is 7. The Morgan fingerprint density at radius 2 is 2.09 bits per heavy atom. The van der Waals surface area contributed by atoms with Crippen LogP contribution in [0.25, 0.3) is 10.9 Å². The Bertz CT molecular complexity index is 1430. The Labute approximate surface area is 209 Å². The van der Waals surface area contributed by atoms with Crippen LogP contribution in [0.3, 0.4) is 0 Å². The van der Waals surface area contributed by atoms with E-state index >= 15 is 0 Å². The van der Waals surface area contributed by atoms with Gasteiger partial charge in [0, 0.05) is 35.1 Å². The lowest BCUT2D eigenvalue weighted by molar-refractivity contribution is 0.260. The molecule has 2 fully saturated rings. The normalized spacial score (nSPS) is 20.3. The van der Waals surface area contributed by atoms with Crippen LogP contribution in [0.15, 0.2) is 54.5 Å². The predicted molar refractivity (Wildman–Crippen MR) is 135 cm³/mol. The molecule has 178 valence electrons. The summed E-state index contributed by atoms with van der Waals surface area (Å²) < 4.78 is 23.3. The summed E-state index contributed by atoms with van der Waals surface area (Å²) in [5, 5.41) is 19.6. The fourth-order valence-corrected chi connectivity index (χ4v) is 4.49. The number of hydrazine groups is 2. The van der Waals surface area contributed by atoms with Crippen LogP contribution in [-0.2, 0) is 0 Å². The van der Waals surface area contributed by atoms with E-state index in [0.717, 1.165) is 25.7 Å². The minimum absolute atomic E-state index is 0.0698. The van der Waals surface area contributed by atoms with Crippen molar-refractivity contribution in [1.29, 1.82) is 5.26 Å². The minimum Gasteiger partial charge on any atom is -0.378 e. The van der Waals surface area contributed by atoms with Gasteiger partial charge in [0.2, 0.25) is 0 Å². The molecule has 0 radical (unpaired) electrons. The summed E-state index contributed by atoms with van der Waals surface area (Å²) >= 11 is 6.67. The molecule has 0 amide bonds. The zero-order valence-electron chi connectivity index (χ0n) is 20.1. The zero-order valence-corrected chi connectivity index (χ0v) is 19.9. The fraction of sp³-hybridized carbons (Fsp3) is 0.308. The predicted octanol–water partition coefficient (Wildman–Crippen LogP) is 5.35. The fourth-order valence-electron chi connectivity index (χ4n) is 4.23. The minimum atomic E-state index is -1.49. The summed E-state index contributed by atoms with van der Waals surface area (Å²) in [6.07, 6.45) is 7.59. The highest BCUT2D eigenvalue weighted by Crippen LogP contribution is 2.42. The van der Waals surface area contributed by atoms with Crippen molar-refractivity contribution < 1.29 is 5.76 Å². The number of aromatic nitrogens is 1. The van der Waals surface area contributed by atoms with Crippen LogP contribution in [0.4, 0.5) is 15.8 Å². The van der Waals surface area contributed by atoms with Crippen molar-refractivity contribution in [2.24, 2.45) is 0 Å². The molecule has 7 nitrogen and oxygen atoms in total. The topological polar surface area (TPSA) is 88.0 Å². The number of hydrogen-bond acceptors (Lipinski definition) is 7. The molecule has 0 bridgehead atoms. The number of nitrogens with zero attached hydrogens (tertiary/aromatic N) is 3. The standard InChI is InChI=1S/C26H25ClFN7/c1-26(8-9-26)32-23-16(12-29)13-30-25-20(23)10-18(11-21(25)27)31-24(15-2-4-17(28)5-3-15)22-14-35(34-33-22)19-6-7-19/h2-5,10-11,13-14,19,24,31,33-34H,6-9H2,1H3,(H,30,32)/t24-/m1/s1/i24D. The average molecular weight is 491 g/mol. The number of pyridine rings is 1. The second-order valence-electron chi connectivity index (χ2n) is 9.62. The van der Waals surface area contributed by atoms with E-state index in [0.29, 0.717) is 50.2 Å². The number of nitrogens with one attached hydrogen (secondary N) is 4. The lowest BCUT2D eigenvalue weighted by atomic mass is 10.0. The Balaban J connectivity index is 1.45. The van der Waals surface area contributed by atoms with Gasteiger partial charge < -0.3 is 16.1 Å². The van der Waals surface area contributed by atoms with Crippen LogP contribution < -0.4 is 21.6 Å². The van der Waals surface area contributed by atoms with Crippen molar-refractivity contribution in [3.8, 4) is 6.07 Å². The lowest BCUT2D eigenvalue weighted by Gasteiger charge is -2.23. The molecule has 6 rings (SSSR count). The molecule has 2 aromatic carbocycles. The van der Waals surface area contributed by atoms with Crippen LogP contribution in [0.1, 0.15) is 51.1 Å². The van der Waals surface area contributed by atoms with E-state index in [4.69, 9.17) is 11.6 Å². The Hall–Kier alpha value is -3.54. The largest absolute Gasteiger partial charge is 0.378 e. The molecule has 0 unspecified atom stereocenters. The Morgan fingerprint density at radius 1 is 1.31 bits per heavy atom. The molecule has 9 heteroatoms. The maximum atomic E-state index is 13.7.